The first-order valence-electron chi connectivity index (χ1n) is 8.48. The van der Waals surface area contributed by atoms with Crippen molar-refractivity contribution >= 4 is 34.3 Å². The van der Waals surface area contributed by atoms with Crippen LogP contribution in [0.3, 0.4) is 0 Å². The van der Waals surface area contributed by atoms with Crippen LogP contribution in [0.25, 0.3) is 0 Å². The molecule has 1 fully saturated rings. The Balaban J connectivity index is 1.55. The summed E-state index contributed by atoms with van der Waals surface area (Å²) < 4.78 is 0. The van der Waals surface area contributed by atoms with Crippen LogP contribution in [0, 0.1) is 0 Å². The number of hydrogen-bond acceptors (Lipinski definition) is 5. The van der Waals surface area contributed by atoms with Crippen molar-refractivity contribution in [3.63, 3.8) is 0 Å². The largest absolute Gasteiger partial charge is 0.294 e. The van der Waals surface area contributed by atoms with Gasteiger partial charge in [-0.25, -0.2) is 5.01 Å². The number of likely N-dealkylation sites (tertiary alicyclic amines) is 1. The van der Waals surface area contributed by atoms with Crippen LogP contribution in [-0.4, -0.2) is 41.2 Å². The molecular weight excluding hydrogens is 338 g/mol. The fourth-order valence-electron chi connectivity index (χ4n) is 3.45. The van der Waals surface area contributed by atoms with Crippen molar-refractivity contribution in [2.75, 3.05) is 19.6 Å². The van der Waals surface area contributed by atoms with Crippen molar-refractivity contribution in [1.29, 1.82) is 0 Å². The molecule has 1 saturated heterocycles. The molecule has 0 bridgehead atoms. The lowest BCUT2D eigenvalue weighted by atomic mass is 10.0. The van der Waals surface area contributed by atoms with Gasteiger partial charge in [0.2, 0.25) is 0 Å². The van der Waals surface area contributed by atoms with Crippen LogP contribution in [-0.2, 0) is 4.79 Å². The summed E-state index contributed by atoms with van der Waals surface area (Å²) in [4.78, 5) is 15.2. The molecule has 0 unspecified atom stereocenters. The maximum Gasteiger partial charge on any atom is 0.257 e. The van der Waals surface area contributed by atoms with E-state index in [9.17, 15) is 4.79 Å². The average Bonchev–Trinajstić information content (AvgIpc) is 3.35. The number of amides is 1. The molecule has 2 aromatic heterocycles. The van der Waals surface area contributed by atoms with Gasteiger partial charge in [-0.15, -0.1) is 0 Å². The quantitative estimate of drug-likeness (QED) is 0.828. The summed E-state index contributed by atoms with van der Waals surface area (Å²) in [7, 11) is 0. The highest BCUT2D eigenvalue weighted by Crippen LogP contribution is 2.34. The Morgan fingerprint density at radius 3 is 2.62 bits per heavy atom. The number of carbonyl (C=O) groups excluding carboxylic acids is 1. The third-order valence-corrected chi connectivity index (χ3v) is 6.14. The van der Waals surface area contributed by atoms with E-state index in [4.69, 9.17) is 5.10 Å². The van der Waals surface area contributed by atoms with Crippen molar-refractivity contribution in [3.8, 4) is 0 Å². The van der Waals surface area contributed by atoms with Crippen molar-refractivity contribution in [2.45, 2.75) is 31.7 Å². The highest BCUT2D eigenvalue weighted by Gasteiger charge is 2.34. The summed E-state index contributed by atoms with van der Waals surface area (Å²) in [5, 5.41) is 14.8. The van der Waals surface area contributed by atoms with Crippen LogP contribution in [0.4, 0.5) is 0 Å². The van der Waals surface area contributed by atoms with E-state index in [0.717, 1.165) is 30.8 Å². The van der Waals surface area contributed by atoms with Crippen molar-refractivity contribution in [2.24, 2.45) is 5.10 Å². The molecule has 0 aliphatic carbocycles. The minimum atomic E-state index is 0.0449. The summed E-state index contributed by atoms with van der Waals surface area (Å²) in [5.41, 5.74) is 3.37. The van der Waals surface area contributed by atoms with E-state index < -0.39 is 0 Å². The van der Waals surface area contributed by atoms with E-state index in [1.165, 1.54) is 24.8 Å². The summed E-state index contributed by atoms with van der Waals surface area (Å²) in [6.07, 6.45) is 4.49. The molecule has 1 atom stereocenters. The van der Waals surface area contributed by atoms with Gasteiger partial charge < -0.3 is 0 Å². The minimum Gasteiger partial charge on any atom is -0.294 e. The molecule has 2 aliphatic heterocycles. The molecular formula is C18H21N3OS2. The number of nitrogens with zero attached hydrogens (tertiary/aromatic N) is 3. The van der Waals surface area contributed by atoms with Gasteiger partial charge in [-0.1, -0.05) is 6.42 Å². The lowest BCUT2D eigenvalue weighted by Gasteiger charge is -2.28. The second kappa shape index (κ2) is 7.17. The van der Waals surface area contributed by atoms with Gasteiger partial charge in [-0.3, -0.25) is 9.69 Å². The van der Waals surface area contributed by atoms with Crippen LogP contribution in [0.5, 0.6) is 0 Å². The first-order chi connectivity index (χ1) is 11.8. The van der Waals surface area contributed by atoms with E-state index in [0.29, 0.717) is 6.54 Å². The fourth-order valence-corrected chi connectivity index (χ4v) is 4.82. The molecule has 2 aromatic rings. The first-order valence-corrected chi connectivity index (χ1v) is 10.4. The van der Waals surface area contributed by atoms with Crippen LogP contribution in [0.1, 0.15) is 42.9 Å². The second-order valence-electron chi connectivity index (χ2n) is 6.41. The van der Waals surface area contributed by atoms with Crippen LogP contribution < -0.4 is 0 Å². The van der Waals surface area contributed by atoms with Gasteiger partial charge in [0.1, 0.15) is 0 Å². The Labute approximate surface area is 150 Å². The van der Waals surface area contributed by atoms with Crippen molar-refractivity contribution < 1.29 is 4.79 Å². The number of carbonyl (C=O) groups is 1. The van der Waals surface area contributed by atoms with Crippen LogP contribution in [0.15, 0.2) is 38.8 Å². The predicted octanol–water partition coefficient (Wildman–Crippen LogP) is 3.97. The molecule has 4 heterocycles. The monoisotopic (exact) mass is 359 g/mol. The first kappa shape index (κ1) is 16.0. The molecule has 0 N–H and O–H groups in total. The van der Waals surface area contributed by atoms with E-state index in [1.807, 2.05) is 0 Å². The number of rotatable bonds is 4. The highest BCUT2D eigenvalue weighted by atomic mass is 32.1. The molecule has 6 heteroatoms. The van der Waals surface area contributed by atoms with Gasteiger partial charge in [0.05, 0.1) is 18.3 Å². The lowest BCUT2D eigenvalue weighted by molar-refractivity contribution is -0.134. The molecule has 1 amide bonds. The number of hydrazone groups is 1. The maximum atomic E-state index is 12.9. The predicted molar refractivity (Wildman–Crippen MR) is 99.7 cm³/mol. The normalized spacial score (nSPS) is 21.9. The zero-order chi connectivity index (χ0) is 16.4. The zero-order valence-electron chi connectivity index (χ0n) is 13.6. The van der Waals surface area contributed by atoms with Gasteiger partial charge in [-0.05, 0) is 65.1 Å². The van der Waals surface area contributed by atoms with Gasteiger partial charge in [0.15, 0.2) is 0 Å². The molecule has 126 valence electrons. The van der Waals surface area contributed by atoms with Gasteiger partial charge >= 0.3 is 0 Å². The Morgan fingerprint density at radius 2 is 1.92 bits per heavy atom. The molecule has 0 radical (unpaired) electrons. The Bertz CT molecular complexity index is 703. The third kappa shape index (κ3) is 3.31. The summed E-state index contributed by atoms with van der Waals surface area (Å²) >= 11 is 3.35. The zero-order valence-corrected chi connectivity index (χ0v) is 15.2. The van der Waals surface area contributed by atoms with Gasteiger partial charge in [0, 0.05) is 12.0 Å². The van der Waals surface area contributed by atoms with E-state index in [-0.39, 0.29) is 11.9 Å². The summed E-state index contributed by atoms with van der Waals surface area (Å²) in [5.74, 6) is 0.123. The SMILES string of the molecule is O=C(CN1CCCCC1)N1N=C(c2ccsc2)C[C@H]1c1ccsc1. The average molecular weight is 360 g/mol. The standard InChI is InChI=1S/C18H21N3OS2/c22-18(11-20-6-2-1-3-7-20)21-17(15-5-9-24-13-15)10-16(19-21)14-4-8-23-12-14/h4-5,8-9,12-13,17H,1-3,6-7,10-11H2/t17-/m0/s1. The molecule has 0 spiro atoms. The fraction of sp³-hybridized carbons (Fsp3) is 0.444. The van der Waals surface area contributed by atoms with Crippen LogP contribution >= 0.6 is 22.7 Å². The second-order valence-corrected chi connectivity index (χ2v) is 7.97. The molecule has 0 aromatic carbocycles. The van der Waals surface area contributed by atoms with E-state index in [1.54, 1.807) is 27.7 Å². The number of thiophene rings is 2. The van der Waals surface area contributed by atoms with Crippen LogP contribution in [0.2, 0.25) is 0 Å². The molecule has 4 rings (SSSR count). The molecule has 24 heavy (non-hydrogen) atoms. The third-order valence-electron chi connectivity index (χ3n) is 4.76. The highest BCUT2D eigenvalue weighted by molar-refractivity contribution is 7.08. The summed E-state index contributed by atoms with van der Waals surface area (Å²) in [6.45, 7) is 2.55. The topological polar surface area (TPSA) is 35.9 Å². The lowest BCUT2D eigenvalue weighted by Crippen LogP contribution is -2.40. The minimum absolute atomic E-state index is 0.0449. The number of piperidine rings is 1. The molecule has 4 nitrogen and oxygen atoms in total. The Kier molecular flexibility index (Phi) is 4.78. The van der Waals surface area contributed by atoms with Crippen molar-refractivity contribution in [3.05, 3.63) is 44.8 Å². The van der Waals surface area contributed by atoms with E-state index in [2.05, 4.69) is 38.6 Å². The maximum absolute atomic E-state index is 12.9. The van der Waals surface area contributed by atoms with Crippen molar-refractivity contribution in [1.82, 2.24) is 9.91 Å². The Hall–Kier alpha value is -1.50. The smallest absolute Gasteiger partial charge is 0.257 e. The van der Waals surface area contributed by atoms with Gasteiger partial charge in [0.25, 0.3) is 5.91 Å². The Morgan fingerprint density at radius 1 is 1.12 bits per heavy atom. The molecule has 2 aliphatic rings. The molecule has 0 saturated carbocycles. The number of hydrogen-bond donors (Lipinski definition) is 0. The van der Waals surface area contributed by atoms with E-state index >= 15 is 0 Å². The van der Waals surface area contributed by atoms with Gasteiger partial charge in [-0.2, -0.15) is 27.8 Å². The summed E-state index contributed by atoms with van der Waals surface area (Å²) in [6, 6.07) is 4.25.